The highest BCUT2D eigenvalue weighted by atomic mass is 28.4. The molecule has 1 N–H and O–H groups in total. The minimum atomic E-state index is -2.54. The van der Waals surface area contributed by atoms with Crippen molar-refractivity contribution in [3.8, 4) is 5.75 Å². The van der Waals surface area contributed by atoms with Crippen LogP contribution in [0.3, 0.4) is 0 Å². The number of nitrogens with zero attached hydrogens (tertiary/aromatic N) is 1. The second kappa shape index (κ2) is 10.5. The van der Waals surface area contributed by atoms with E-state index in [1.54, 1.807) is 12.1 Å². The molecule has 5 nitrogen and oxygen atoms in total. The molecule has 1 aromatic carbocycles. The molecule has 0 bridgehead atoms. The third-order valence-electron chi connectivity index (χ3n) is 3.00. The van der Waals surface area contributed by atoms with Gasteiger partial charge in [0.15, 0.2) is 0 Å². The molecular formula is C16H27NO4Si. The SMILES string of the molecule is CCO[Si](CCCN=Cc1ccc(O)cc1)(OCC)OCC. The fourth-order valence-corrected chi connectivity index (χ4v) is 4.71. The average molecular weight is 325 g/mol. The Bertz CT molecular complexity index is 419. The van der Waals surface area contributed by atoms with Gasteiger partial charge in [-0.1, -0.05) is 0 Å². The second-order valence-corrected chi connectivity index (χ2v) is 7.44. The van der Waals surface area contributed by atoms with Crippen molar-refractivity contribution < 1.29 is 18.4 Å². The van der Waals surface area contributed by atoms with E-state index in [1.165, 1.54) is 0 Å². The minimum absolute atomic E-state index is 0.262. The summed E-state index contributed by atoms with van der Waals surface area (Å²) >= 11 is 0. The monoisotopic (exact) mass is 325 g/mol. The van der Waals surface area contributed by atoms with Gasteiger partial charge in [0.05, 0.1) is 0 Å². The maximum absolute atomic E-state index is 9.23. The van der Waals surface area contributed by atoms with Gasteiger partial charge in [0.25, 0.3) is 0 Å². The zero-order valence-corrected chi connectivity index (χ0v) is 14.7. The topological polar surface area (TPSA) is 60.3 Å². The first kappa shape index (κ1) is 18.8. The van der Waals surface area contributed by atoms with Gasteiger partial charge in [-0.05, 0) is 57.0 Å². The Balaban J connectivity index is 2.45. The molecule has 0 heterocycles. The van der Waals surface area contributed by atoms with E-state index in [-0.39, 0.29) is 5.75 Å². The fourth-order valence-electron chi connectivity index (χ4n) is 2.12. The Labute approximate surface area is 134 Å². The molecule has 0 atom stereocenters. The molecule has 0 spiro atoms. The molecule has 6 heteroatoms. The Morgan fingerprint density at radius 2 is 1.55 bits per heavy atom. The number of hydrogen-bond donors (Lipinski definition) is 1. The number of rotatable bonds is 11. The highest BCUT2D eigenvalue weighted by Crippen LogP contribution is 2.18. The van der Waals surface area contributed by atoms with E-state index < -0.39 is 8.80 Å². The molecule has 0 aliphatic carbocycles. The molecule has 0 amide bonds. The van der Waals surface area contributed by atoms with Crippen molar-refractivity contribution in [1.29, 1.82) is 0 Å². The molecule has 0 saturated carbocycles. The van der Waals surface area contributed by atoms with Crippen LogP contribution in [0.4, 0.5) is 0 Å². The van der Waals surface area contributed by atoms with E-state index in [1.807, 2.05) is 39.1 Å². The zero-order valence-electron chi connectivity index (χ0n) is 13.7. The quantitative estimate of drug-likeness (QED) is 0.385. The summed E-state index contributed by atoms with van der Waals surface area (Å²) in [5.41, 5.74) is 0.973. The van der Waals surface area contributed by atoms with Gasteiger partial charge < -0.3 is 18.4 Å². The fraction of sp³-hybridized carbons (Fsp3) is 0.562. The summed E-state index contributed by atoms with van der Waals surface area (Å²) in [7, 11) is -2.54. The zero-order chi connectivity index (χ0) is 16.3. The van der Waals surface area contributed by atoms with Crippen LogP contribution in [0.15, 0.2) is 29.3 Å². The number of phenolic OH excluding ortho intramolecular Hbond substituents is 1. The van der Waals surface area contributed by atoms with E-state index in [0.29, 0.717) is 26.4 Å². The molecule has 0 radical (unpaired) electrons. The van der Waals surface area contributed by atoms with E-state index in [4.69, 9.17) is 13.3 Å². The predicted octanol–water partition coefficient (Wildman–Crippen LogP) is 3.25. The summed E-state index contributed by atoms with van der Waals surface area (Å²) in [5.74, 6) is 0.262. The van der Waals surface area contributed by atoms with Crippen LogP contribution in [0.5, 0.6) is 5.75 Å². The van der Waals surface area contributed by atoms with E-state index in [9.17, 15) is 5.11 Å². The summed E-state index contributed by atoms with van der Waals surface area (Å²) in [5, 5.41) is 9.23. The van der Waals surface area contributed by atoms with Crippen molar-refractivity contribution in [2.75, 3.05) is 26.4 Å². The Kier molecular flexibility index (Phi) is 8.99. The third-order valence-corrected chi connectivity index (χ3v) is 6.15. The Morgan fingerprint density at radius 3 is 2.05 bits per heavy atom. The lowest BCUT2D eigenvalue weighted by atomic mass is 10.2. The minimum Gasteiger partial charge on any atom is -0.508 e. The van der Waals surface area contributed by atoms with Crippen LogP contribution < -0.4 is 0 Å². The molecule has 0 aromatic heterocycles. The highest BCUT2D eigenvalue weighted by Gasteiger charge is 2.39. The van der Waals surface area contributed by atoms with Crippen LogP contribution >= 0.6 is 0 Å². The van der Waals surface area contributed by atoms with Gasteiger partial charge in [0.1, 0.15) is 5.75 Å². The molecule has 0 fully saturated rings. The summed E-state index contributed by atoms with van der Waals surface area (Å²) in [6.45, 7) is 8.38. The normalized spacial score (nSPS) is 12.1. The van der Waals surface area contributed by atoms with Crippen molar-refractivity contribution in [1.82, 2.24) is 0 Å². The van der Waals surface area contributed by atoms with Gasteiger partial charge in [-0.2, -0.15) is 0 Å². The summed E-state index contributed by atoms with van der Waals surface area (Å²) in [6.07, 6.45) is 2.67. The molecule has 1 aromatic rings. The van der Waals surface area contributed by atoms with Gasteiger partial charge in [-0.25, -0.2) is 0 Å². The van der Waals surface area contributed by atoms with Crippen molar-refractivity contribution in [3.63, 3.8) is 0 Å². The number of aliphatic imine (C=N–C) groups is 1. The molecule has 0 aliphatic rings. The molecule has 124 valence electrons. The molecular weight excluding hydrogens is 298 g/mol. The molecule has 0 saturated heterocycles. The second-order valence-electron chi connectivity index (χ2n) is 4.71. The smallest absolute Gasteiger partial charge is 0.500 e. The number of aromatic hydroxyl groups is 1. The first-order valence-electron chi connectivity index (χ1n) is 7.86. The molecule has 1 rings (SSSR count). The summed E-state index contributed by atoms with van der Waals surface area (Å²) in [6, 6.07) is 7.74. The number of hydrogen-bond acceptors (Lipinski definition) is 5. The standard InChI is InChI=1S/C16H27NO4Si/c1-4-19-22(20-5-2,21-6-3)13-7-12-17-14-15-8-10-16(18)11-9-15/h8-11,14,18H,4-7,12-13H2,1-3H3. The van der Waals surface area contributed by atoms with Gasteiger partial charge in [-0.3, -0.25) is 4.99 Å². The molecule has 22 heavy (non-hydrogen) atoms. The van der Waals surface area contributed by atoms with Crippen molar-refractivity contribution in [3.05, 3.63) is 29.8 Å². The van der Waals surface area contributed by atoms with Crippen LogP contribution in [0.25, 0.3) is 0 Å². The van der Waals surface area contributed by atoms with Crippen LogP contribution in [-0.4, -0.2) is 46.5 Å². The van der Waals surface area contributed by atoms with E-state index in [0.717, 1.165) is 18.0 Å². The van der Waals surface area contributed by atoms with Crippen molar-refractivity contribution >= 4 is 15.0 Å². The van der Waals surface area contributed by atoms with Crippen molar-refractivity contribution in [2.24, 2.45) is 4.99 Å². The first-order valence-corrected chi connectivity index (χ1v) is 9.79. The Hall–Kier alpha value is -1.21. The van der Waals surface area contributed by atoms with Gasteiger partial charge in [0.2, 0.25) is 0 Å². The van der Waals surface area contributed by atoms with Crippen molar-refractivity contribution in [2.45, 2.75) is 33.2 Å². The summed E-state index contributed by atoms with van der Waals surface area (Å²) < 4.78 is 17.4. The molecule has 0 aliphatic heterocycles. The van der Waals surface area contributed by atoms with Gasteiger partial charge in [-0.15, -0.1) is 0 Å². The van der Waals surface area contributed by atoms with Gasteiger partial charge >= 0.3 is 8.80 Å². The lowest BCUT2D eigenvalue weighted by Crippen LogP contribution is -2.46. The third kappa shape index (κ3) is 6.70. The van der Waals surface area contributed by atoms with E-state index in [2.05, 4.69) is 4.99 Å². The highest BCUT2D eigenvalue weighted by molar-refractivity contribution is 6.60. The van der Waals surface area contributed by atoms with Crippen LogP contribution in [0.1, 0.15) is 32.8 Å². The summed E-state index contributed by atoms with van der Waals surface area (Å²) in [4.78, 5) is 4.40. The van der Waals surface area contributed by atoms with E-state index >= 15 is 0 Å². The first-order chi connectivity index (χ1) is 10.7. The Morgan fingerprint density at radius 1 is 1.00 bits per heavy atom. The number of phenols is 1. The van der Waals surface area contributed by atoms with Gasteiger partial charge in [0, 0.05) is 38.6 Å². The maximum atomic E-state index is 9.23. The maximum Gasteiger partial charge on any atom is 0.500 e. The average Bonchev–Trinajstić information content (AvgIpc) is 2.50. The number of benzene rings is 1. The van der Waals surface area contributed by atoms with Crippen LogP contribution in [-0.2, 0) is 13.3 Å². The molecule has 0 unspecified atom stereocenters. The lowest BCUT2D eigenvalue weighted by molar-refractivity contribution is 0.0710. The largest absolute Gasteiger partial charge is 0.508 e. The predicted molar refractivity (Wildman–Crippen MR) is 90.6 cm³/mol. The lowest BCUT2D eigenvalue weighted by Gasteiger charge is -2.28. The van der Waals surface area contributed by atoms with Crippen LogP contribution in [0.2, 0.25) is 6.04 Å². The van der Waals surface area contributed by atoms with Crippen LogP contribution in [0, 0.1) is 0 Å².